The second kappa shape index (κ2) is 4.64. The highest BCUT2D eigenvalue weighted by Crippen LogP contribution is 2.63. The van der Waals surface area contributed by atoms with E-state index in [0.717, 1.165) is 25.7 Å². The number of hydrogen-bond acceptors (Lipinski definition) is 2. The number of phenolic OH excluding ortho intramolecular Hbond substituents is 1. The van der Waals surface area contributed by atoms with E-state index in [2.05, 4.69) is 18.3 Å². The predicted molar refractivity (Wildman–Crippen MR) is 86.4 cm³/mol. The molecule has 4 aliphatic carbocycles. The van der Waals surface area contributed by atoms with Gasteiger partial charge in [-0.3, -0.25) is 4.79 Å². The number of carbonyl (C=O) groups excluding carboxylic acids is 1. The van der Waals surface area contributed by atoms with E-state index in [1.807, 2.05) is 6.07 Å². The van der Waals surface area contributed by atoms with Crippen LogP contribution in [-0.2, 0) is 4.79 Å². The SMILES string of the molecule is CC12CC3CC(NC(=O)CCl)(CC(C1)c1cc(O)ccc13)C2. The molecule has 0 radical (unpaired) electrons. The van der Waals surface area contributed by atoms with Gasteiger partial charge >= 0.3 is 0 Å². The van der Waals surface area contributed by atoms with Crippen LogP contribution in [0.25, 0.3) is 0 Å². The van der Waals surface area contributed by atoms with Crippen LogP contribution in [-0.4, -0.2) is 22.4 Å². The van der Waals surface area contributed by atoms with Crippen molar-refractivity contribution in [2.75, 3.05) is 5.88 Å². The minimum atomic E-state index is -0.124. The molecule has 1 aromatic carbocycles. The molecule has 4 atom stereocenters. The van der Waals surface area contributed by atoms with Gasteiger partial charge in [0.15, 0.2) is 0 Å². The first-order valence-corrected chi connectivity index (χ1v) is 8.65. The first-order valence-electron chi connectivity index (χ1n) is 8.12. The lowest BCUT2D eigenvalue weighted by molar-refractivity contribution is -0.122. The average molecular weight is 320 g/mol. The Morgan fingerprint density at radius 3 is 2.64 bits per heavy atom. The predicted octanol–water partition coefficient (Wildman–Crippen LogP) is 3.65. The third kappa shape index (κ3) is 2.13. The minimum Gasteiger partial charge on any atom is -0.508 e. The van der Waals surface area contributed by atoms with Crippen LogP contribution in [0, 0.1) is 5.41 Å². The Balaban J connectivity index is 1.80. The number of benzene rings is 1. The summed E-state index contributed by atoms with van der Waals surface area (Å²) in [4.78, 5) is 12.0. The lowest BCUT2D eigenvalue weighted by Gasteiger charge is -2.54. The molecule has 0 aliphatic heterocycles. The van der Waals surface area contributed by atoms with E-state index in [-0.39, 0.29) is 22.7 Å². The van der Waals surface area contributed by atoms with Crippen molar-refractivity contribution in [2.24, 2.45) is 5.41 Å². The summed E-state index contributed by atoms with van der Waals surface area (Å²) in [5, 5.41) is 13.2. The fourth-order valence-electron chi connectivity index (χ4n) is 5.75. The summed E-state index contributed by atoms with van der Waals surface area (Å²) in [6.45, 7) is 2.36. The molecule has 0 heterocycles. The van der Waals surface area contributed by atoms with Gasteiger partial charge in [0.2, 0.25) is 5.91 Å². The molecule has 4 bridgehead atoms. The largest absolute Gasteiger partial charge is 0.508 e. The Kier molecular flexibility index (Phi) is 3.03. The van der Waals surface area contributed by atoms with E-state index >= 15 is 0 Å². The maximum Gasteiger partial charge on any atom is 0.235 e. The van der Waals surface area contributed by atoms with Crippen molar-refractivity contribution in [2.45, 2.75) is 56.4 Å². The van der Waals surface area contributed by atoms with Crippen LogP contribution in [0.15, 0.2) is 18.2 Å². The van der Waals surface area contributed by atoms with Crippen molar-refractivity contribution in [1.29, 1.82) is 0 Å². The number of nitrogens with one attached hydrogen (secondary N) is 1. The first-order chi connectivity index (χ1) is 10.4. The molecule has 4 aliphatic rings. The van der Waals surface area contributed by atoms with Gasteiger partial charge in [0.05, 0.1) is 0 Å². The van der Waals surface area contributed by atoms with Gasteiger partial charge in [0, 0.05) is 5.54 Å². The molecule has 22 heavy (non-hydrogen) atoms. The normalized spacial score (nSPS) is 38.5. The number of carbonyl (C=O) groups is 1. The molecular weight excluding hydrogens is 298 g/mol. The summed E-state index contributed by atoms with van der Waals surface area (Å²) in [7, 11) is 0. The molecule has 3 nitrogen and oxygen atoms in total. The molecule has 2 saturated carbocycles. The second-order valence-electron chi connectivity index (χ2n) is 7.97. The standard InChI is InChI=1S/C18H22ClNO2/c1-17-5-11-7-18(10-17,20-16(22)9-19)8-12(6-17)15-4-13(21)2-3-14(11)15/h2-4,11-12,21H,5-10H2,1H3,(H,20,22). The van der Waals surface area contributed by atoms with E-state index in [0.29, 0.717) is 17.6 Å². The molecule has 4 unspecified atom stereocenters. The molecule has 5 rings (SSSR count). The summed E-state index contributed by atoms with van der Waals surface area (Å²) in [6, 6.07) is 5.85. The summed E-state index contributed by atoms with van der Waals surface area (Å²) in [5.74, 6) is 1.21. The van der Waals surface area contributed by atoms with Gasteiger partial charge in [-0.15, -0.1) is 11.6 Å². The van der Waals surface area contributed by atoms with E-state index in [4.69, 9.17) is 11.6 Å². The van der Waals surface area contributed by atoms with Crippen molar-refractivity contribution in [3.05, 3.63) is 29.3 Å². The Morgan fingerprint density at radius 1 is 1.27 bits per heavy atom. The zero-order valence-electron chi connectivity index (χ0n) is 12.9. The topological polar surface area (TPSA) is 49.3 Å². The number of phenols is 1. The van der Waals surface area contributed by atoms with Crippen molar-refractivity contribution >= 4 is 17.5 Å². The van der Waals surface area contributed by atoms with Gasteiger partial charge in [-0.1, -0.05) is 13.0 Å². The van der Waals surface area contributed by atoms with Crippen LogP contribution in [0.4, 0.5) is 0 Å². The number of hydrogen-bond donors (Lipinski definition) is 2. The van der Waals surface area contributed by atoms with Crippen molar-refractivity contribution in [1.82, 2.24) is 5.32 Å². The highest BCUT2D eigenvalue weighted by molar-refractivity contribution is 6.27. The molecular formula is C18H22ClNO2. The second-order valence-corrected chi connectivity index (χ2v) is 8.24. The van der Waals surface area contributed by atoms with Crippen LogP contribution < -0.4 is 5.32 Å². The third-order valence-corrected chi connectivity index (χ3v) is 6.24. The van der Waals surface area contributed by atoms with E-state index < -0.39 is 0 Å². The van der Waals surface area contributed by atoms with Crippen molar-refractivity contribution in [3.63, 3.8) is 0 Å². The quantitative estimate of drug-likeness (QED) is 0.817. The molecule has 0 aromatic heterocycles. The van der Waals surface area contributed by atoms with Gasteiger partial charge in [-0.2, -0.15) is 0 Å². The first kappa shape index (κ1) is 14.4. The zero-order chi connectivity index (χ0) is 15.5. The molecule has 2 fully saturated rings. The number of aromatic hydroxyl groups is 1. The Morgan fingerprint density at radius 2 is 1.95 bits per heavy atom. The van der Waals surface area contributed by atoms with Crippen molar-refractivity contribution < 1.29 is 9.90 Å². The third-order valence-electron chi connectivity index (χ3n) is 5.99. The van der Waals surface area contributed by atoms with Gasteiger partial charge < -0.3 is 10.4 Å². The monoisotopic (exact) mass is 319 g/mol. The average Bonchev–Trinajstić information content (AvgIpc) is 2.57. The fraction of sp³-hybridized carbons (Fsp3) is 0.611. The van der Waals surface area contributed by atoms with Crippen LogP contribution in [0.2, 0.25) is 0 Å². The fourth-order valence-corrected chi connectivity index (χ4v) is 5.82. The van der Waals surface area contributed by atoms with E-state index in [1.54, 1.807) is 6.07 Å². The lowest BCUT2D eigenvalue weighted by atomic mass is 9.55. The number of rotatable bonds is 2. The van der Waals surface area contributed by atoms with Gasteiger partial charge in [0.1, 0.15) is 11.6 Å². The Hall–Kier alpha value is -1.22. The number of alkyl halides is 1. The molecule has 2 N–H and O–H groups in total. The summed E-state index contributed by atoms with van der Waals surface area (Å²) < 4.78 is 0. The van der Waals surface area contributed by atoms with Crippen LogP contribution in [0.1, 0.15) is 62.0 Å². The van der Waals surface area contributed by atoms with Crippen LogP contribution in [0.3, 0.4) is 0 Å². The van der Waals surface area contributed by atoms with Gasteiger partial charge in [0.25, 0.3) is 0 Å². The maximum absolute atomic E-state index is 12.0. The Bertz CT molecular complexity index is 646. The molecule has 1 aromatic rings. The summed E-state index contributed by atoms with van der Waals surface area (Å²) in [5.41, 5.74) is 2.82. The number of halogens is 1. The summed E-state index contributed by atoms with van der Waals surface area (Å²) >= 11 is 5.73. The maximum atomic E-state index is 12.0. The lowest BCUT2D eigenvalue weighted by Crippen LogP contribution is -2.57. The zero-order valence-corrected chi connectivity index (χ0v) is 13.6. The summed E-state index contributed by atoms with van der Waals surface area (Å²) in [6.07, 6.45) is 5.35. The highest BCUT2D eigenvalue weighted by Gasteiger charge is 2.55. The molecule has 4 heteroatoms. The van der Waals surface area contributed by atoms with Gasteiger partial charge in [-0.05, 0) is 72.6 Å². The van der Waals surface area contributed by atoms with E-state index in [1.165, 1.54) is 17.5 Å². The van der Waals surface area contributed by atoms with Crippen LogP contribution in [0.5, 0.6) is 5.75 Å². The number of amides is 1. The molecule has 118 valence electrons. The Labute approximate surface area is 136 Å². The minimum absolute atomic E-state index is 0.0293. The highest BCUT2D eigenvalue weighted by atomic mass is 35.5. The van der Waals surface area contributed by atoms with Gasteiger partial charge in [-0.25, -0.2) is 0 Å². The van der Waals surface area contributed by atoms with E-state index in [9.17, 15) is 9.90 Å². The molecule has 0 saturated heterocycles. The smallest absolute Gasteiger partial charge is 0.235 e. The molecule has 1 amide bonds. The van der Waals surface area contributed by atoms with Crippen molar-refractivity contribution in [3.8, 4) is 5.75 Å². The van der Waals surface area contributed by atoms with Crippen LogP contribution >= 0.6 is 11.6 Å². The molecule has 0 spiro atoms.